The Morgan fingerprint density at radius 2 is 1.29 bits per heavy atom. The summed E-state index contributed by atoms with van der Waals surface area (Å²) >= 11 is 0. The van der Waals surface area contributed by atoms with Crippen LogP contribution >= 0.6 is 0 Å². The Morgan fingerprint density at radius 3 is 1.86 bits per heavy atom. The Morgan fingerprint density at radius 1 is 0.762 bits per heavy atom. The van der Waals surface area contributed by atoms with Gasteiger partial charge in [0.2, 0.25) is 15.9 Å². The van der Waals surface area contributed by atoms with Crippen molar-refractivity contribution in [2.75, 3.05) is 0 Å². The van der Waals surface area contributed by atoms with E-state index in [0.717, 1.165) is 15.4 Å². The van der Waals surface area contributed by atoms with E-state index in [1.165, 1.54) is 30.3 Å². The van der Waals surface area contributed by atoms with E-state index in [9.17, 15) is 21.6 Å². The van der Waals surface area contributed by atoms with Gasteiger partial charge in [-0.05, 0) is 55.3 Å². The van der Waals surface area contributed by atoms with Gasteiger partial charge in [0.15, 0.2) is 0 Å². The summed E-state index contributed by atoms with van der Waals surface area (Å²) in [5.74, 6) is -0.931. The number of rotatable bonds is 8. The van der Waals surface area contributed by atoms with Crippen LogP contribution in [0.4, 0.5) is 0 Å². The fourth-order valence-corrected chi connectivity index (χ4v) is 7.44. The number of hydrogen-bond acceptors (Lipinski definition) is 6. The fourth-order valence-electron chi connectivity index (χ4n) is 4.70. The molecule has 0 aliphatic carbocycles. The molecule has 2 unspecified atom stereocenters. The first-order valence-corrected chi connectivity index (χ1v) is 16.2. The second-order valence-electron chi connectivity index (χ2n) is 10.0. The molecule has 1 N–H and O–H groups in total. The largest absolute Gasteiger partial charge is 0.409 e. The minimum Gasteiger partial charge on any atom is -0.409 e. The van der Waals surface area contributed by atoms with Gasteiger partial charge in [0.05, 0.1) is 28.3 Å². The van der Waals surface area contributed by atoms with Crippen LogP contribution in [0.15, 0.2) is 131 Å². The third-order valence-corrected chi connectivity index (χ3v) is 10.2. The summed E-state index contributed by atoms with van der Waals surface area (Å²) in [5.41, 5.74) is 2.89. The van der Waals surface area contributed by atoms with Crippen molar-refractivity contribution >= 4 is 26.0 Å². The van der Waals surface area contributed by atoms with Crippen LogP contribution in [0.3, 0.4) is 0 Å². The third-order valence-electron chi connectivity index (χ3n) is 6.92. The van der Waals surface area contributed by atoms with Crippen molar-refractivity contribution in [1.82, 2.24) is 9.03 Å². The van der Waals surface area contributed by atoms with E-state index in [1.54, 1.807) is 84.9 Å². The first-order chi connectivity index (χ1) is 20.0. The van der Waals surface area contributed by atoms with Crippen LogP contribution in [0.25, 0.3) is 0 Å². The van der Waals surface area contributed by atoms with Crippen LogP contribution in [0.5, 0.6) is 0 Å². The summed E-state index contributed by atoms with van der Waals surface area (Å²) in [4.78, 5) is 13.0. The topological polar surface area (TPSA) is 110 Å². The molecule has 1 heterocycles. The van der Waals surface area contributed by atoms with Crippen molar-refractivity contribution in [1.29, 1.82) is 0 Å². The summed E-state index contributed by atoms with van der Waals surface area (Å²) in [6.45, 7) is 3.70. The van der Waals surface area contributed by atoms with Crippen LogP contribution < -0.4 is 4.72 Å². The SMILES string of the molecule is Cc1ccc(S(=O)(=O)NC(/C=C2\OC(=O)CC(c3ccccc3)N2S(=O)(=O)c2ccc(C)cc2)c2ccccc2)cc1. The zero-order valence-electron chi connectivity index (χ0n) is 23.0. The monoisotopic (exact) mass is 602 g/mol. The lowest BCUT2D eigenvalue weighted by Crippen LogP contribution is -2.41. The van der Waals surface area contributed by atoms with E-state index in [2.05, 4.69) is 4.72 Å². The van der Waals surface area contributed by atoms with E-state index in [-0.39, 0.29) is 22.1 Å². The molecule has 8 nitrogen and oxygen atoms in total. The van der Waals surface area contributed by atoms with E-state index in [1.807, 2.05) is 13.8 Å². The molecule has 1 aliphatic heterocycles. The molecule has 0 bridgehead atoms. The molecule has 1 aliphatic rings. The minimum atomic E-state index is -4.27. The number of sulfonamides is 2. The molecule has 10 heteroatoms. The number of nitrogens with one attached hydrogen (secondary N) is 1. The predicted molar refractivity (Wildman–Crippen MR) is 159 cm³/mol. The lowest BCUT2D eigenvalue weighted by molar-refractivity contribution is -0.146. The van der Waals surface area contributed by atoms with E-state index >= 15 is 0 Å². The highest BCUT2D eigenvalue weighted by Crippen LogP contribution is 2.39. The number of benzene rings is 4. The fraction of sp³-hybridized carbons (Fsp3) is 0.156. The minimum absolute atomic E-state index is 0.00868. The van der Waals surface area contributed by atoms with Gasteiger partial charge in [-0.2, -0.15) is 4.72 Å². The van der Waals surface area contributed by atoms with Crippen molar-refractivity contribution < 1.29 is 26.4 Å². The van der Waals surface area contributed by atoms with Gasteiger partial charge in [0.1, 0.15) is 0 Å². The summed E-state index contributed by atoms with van der Waals surface area (Å²) in [7, 11) is -8.33. The predicted octanol–water partition coefficient (Wildman–Crippen LogP) is 5.54. The average molecular weight is 603 g/mol. The molecule has 42 heavy (non-hydrogen) atoms. The van der Waals surface area contributed by atoms with Crippen molar-refractivity contribution in [3.8, 4) is 0 Å². The van der Waals surface area contributed by atoms with Crippen molar-refractivity contribution in [2.24, 2.45) is 0 Å². The molecule has 216 valence electrons. The molecule has 4 aromatic rings. The maximum absolute atomic E-state index is 14.2. The van der Waals surface area contributed by atoms with Gasteiger partial charge >= 0.3 is 5.97 Å². The summed E-state index contributed by atoms with van der Waals surface area (Å²) in [6.07, 6.45) is 1.11. The van der Waals surface area contributed by atoms with Gasteiger partial charge in [0, 0.05) is 0 Å². The highest BCUT2D eigenvalue weighted by Gasteiger charge is 2.42. The maximum atomic E-state index is 14.2. The quantitative estimate of drug-likeness (QED) is 0.265. The van der Waals surface area contributed by atoms with Crippen LogP contribution in [0, 0.1) is 13.8 Å². The highest BCUT2D eigenvalue weighted by atomic mass is 32.2. The van der Waals surface area contributed by atoms with Crippen molar-refractivity contribution in [3.05, 3.63) is 143 Å². The zero-order valence-corrected chi connectivity index (χ0v) is 24.7. The number of carbonyl (C=O) groups excluding carboxylic acids is 1. The second-order valence-corrected chi connectivity index (χ2v) is 13.6. The Labute approximate surface area is 246 Å². The van der Waals surface area contributed by atoms with E-state index in [4.69, 9.17) is 4.74 Å². The first-order valence-electron chi connectivity index (χ1n) is 13.3. The van der Waals surface area contributed by atoms with E-state index < -0.39 is 38.1 Å². The number of carbonyl (C=O) groups is 1. The molecule has 0 radical (unpaired) electrons. The zero-order chi connectivity index (χ0) is 29.9. The lowest BCUT2D eigenvalue weighted by Gasteiger charge is -2.37. The van der Waals surface area contributed by atoms with Gasteiger partial charge in [0.25, 0.3) is 10.0 Å². The highest BCUT2D eigenvalue weighted by molar-refractivity contribution is 7.89. The van der Waals surface area contributed by atoms with Crippen molar-refractivity contribution in [3.63, 3.8) is 0 Å². The molecule has 4 aromatic carbocycles. The summed E-state index contributed by atoms with van der Waals surface area (Å²) in [5, 5.41) is 0. The first kappa shape index (κ1) is 29.2. The number of nitrogens with zero attached hydrogens (tertiary/aromatic N) is 1. The average Bonchev–Trinajstić information content (AvgIpc) is 2.97. The molecule has 2 atom stereocenters. The Bertz CT molecular complexity index is 1810. The molecule has 5 rings (SSSR count). The number of aryl methyl sites for hydroxylation is 2. The molecular weight excluding hydrogens is 572 g/mol. The molecule has 1 fully saturated rings. The molecule has 1 saturated heterocycles. The normalized spacial score (nSPS) is 17.6. The van der Waals surface area contributed by atoms with Gasteiger partial charge in [-0.1, -0.05) is 96.1 Å². The number of esters is 1. The summed E-state index contributed by atoms with van der Waals surface area (Å²) < 4.78 is 64.7. The van der Waals surface area contributed by atoms with Crippen molar-refractivity contribution in [2.45, 2.75) is 42.1 Å². The van der Waals surface area contributed by atoms with Crippen LogP contribution in [0.1, 0.15) is 40.8 Å². The Hall–Kier alpha value is -4.25. The second kappa shape index (κ2) is 11.9. The van der Waals surface area contributed by atoms with Gasteiger partial charge in [-0.3, -0.25) is 4.79 Å². The maximum Gasteiger partial charge on any atom is 0.314 e. The van der Waals surface area contributed by atoms with Crippen LogP contribution in [-0.2, 0) is 29.6 Å². The molecule has 0 spiro atoms. The smallest absolute Gasteiger partial charge is 0.314 e. The standard InChI is InChI=1S/C32H30N2O6S2/c1-23-13-17-27(18-14-23)41(36,37)33-29(25-9-5-3-6-10-25)21-31-34(42(38,39)28-19-15-24(2)16-20-28)30(22-32(35)40-31)26-11-7-4-8-12-26/h3-21,29-30,33H,22H2,1-2H3/b31-21-. The lowest BCUT2D eigenvalue weighted by atomic mass is 10.0. The number of hydrogen-bond donors (Lipinski definition) is 1. The summed E-state index contributed by atoms with van der Waals surface area (Å²) in [6, 6.07) is 28.2. The van der Waals surface area contributed by atoms with Gasteiger partial charge in [-0.25, -0.2) is 21.1 Å². The van der Waals surface area contributed by atoms with Gasteiger partial charge < -0.3 is 4.74 Å². The molecule has 0 saturated carbocycles. The molecular formula is C32H30N2O6S2. The van der Waals surface area contributed by atoms with E-state index in [0.29, 0.717) is 11.1 Å². The number of cyclic esters (lactones) is 1. The molecule has 0 aromatic heterocycles. The van der Waals surface area contributed by atoms with Crippen LogP contribution in [-0.4, -0.2) is 27.1 Å². The van der Waals surface area contributed by atoms with Gasteiger partial charge in [-0.15, -0.1) is 0 Å². The third kappa shape index (κ3) is 6.30. The Balaban J connectivity index is 1.67. The molecule has 0 amide bonds. The van der Waals surface area contributed by atoms with Crippen LogP contribution in [0.2, 0.25) is 0 Å². The number of ether oxygens (including phenoxy) is 1. The Kier molecular flexibility index (Phi) is 8.31.